The van der Waals surface area contributed by atoms with Crippen molar-refractivity contribution in [3.05, 3.63) is 11.5 Å². The van der Waals surface area contributed by atoms with Gasteiger partial charge in [0.1, 0.15) is 0 Å². The van der Waals surface area contributed by atoms with Crippen molar-refractivity contribution in [1.29, 1.82) is 0 Å². The minimum Gasteiger partial charge on any atom is -0.494 e. The van der Waals surface area contributed by atoms with Crippen LogP contribution in [0.3, 0.4) is 0 Å². The van der Waals surface area contributed by atoms with Crippen LogP contribution in [0.1, 0.15) is 26.7 Å². The standard InChI is InChI=1S/C9H16N2O2/c1-3-5-13-9-10-6-7(4-2)8(12)11-9/h12H,3-6H2,1-2H3,(H,10,11). The summed E-state index contributed by atoms with van der Waals surface area (Å²) in [7, 11) is 0. The van der Waals surface area contributed by atoms with Crippen molar-refractivity contribution in [2.24, 2.45) is 4.99 Å². The van der Waals surface area contributed by atoms with Gasteiger partial charge in [-0.05, 0) is 12.8 Å². The third kappa shape index (κ3) is 2.65. The van der Waals surface area contributed by atoms with Crippen LogP contribution < -0.4 is 5.32 Å². The van der Waals surface area contributed by atoms with Gasteiger partial charge in [0, 0.05) is 5.57 Å². The lowest BCUT2D eigenvalue weighted by atomic mass is 10.2. The summed E-state index contributed by atoms with van der Waals surface area (Å²) in [6, 6.07) is 0.427. The first kappa shape index (κ1) is 9.89. The maximum absolute atomic E-state index is 9.45. The van der Waals surface area contributed by atoms with E-state index in [1.54, 1.807) is 0 Å². The van der Waals surface area contributed by atoms with Crippen LogP contribution in [0.25, 0.3) is 0 Å². The molecular formula is C9H16N2O2. The fraction of sp³-hybridized carbons (Fsp3) is 0.667. The van der Waals surface area contributed by atoms with E-state index in [0.29, 0.717) is 19.2 Å². The third-order valence-electron chi connectivity index (χ3n) is 1.84. The zero-order chi connectivity index (χ0) is 9.68. The number of aliphatic hydroxyl groups excluding tert-OH is 1. The molecular weight excluding hydrogens is 168 g/mol. The van der Waals surface area contributed by atoms with Crippen molar-refractivity contribution < 1.29 is 9.84 Å². The van der Waals surface area contributed by atoms with Gasteiger partial charge in [-0.15, -0.1) is 0 Å². The third-order valence-corrected chi connectivity index (χ3v) is 1.84. The predicted octanol–water partition coefficient (Wildman–Crippen LogP) is 1.55. The minimum atomic E-state index is 0.198. The molecule has 0 bridgehead atoms. The summed E-state index contributed by atoms with van der Waals surface area (Å²) in [6.07, 6.45) is 1.75. The maximum atomic E-state index is 9.45. The Bertz CT molecular complexity index is 234. The Hall–Kier alpha value is -1.19. The molecule has 1 aliphatic rings. The van der Waals surface area contributed by atoms with Crippen molar-refractivity contribution >= 4 is 6.02 Å². The van der Waals surface area contributed by atoms with Crippen LogP contribution in [0.15, 0.2) is 16.4 Å². The highest BCUT2D eigenvalue weighted by atomic mass is 16.5. The highest BCUT2D eigenvalue weighted by molar-refractivity contribution is 5.76. The van der Waals surface area contributed by atoms with Crippen LogP contribution in [0.4, 0.5) is 0 Å². The van der Waals surface area contributed by atoms with Gasteiger partial charge in [0.2, 0.25) is 0 Å². The number of aliphatic imine (C=N–C) groups is 1. The molecule has 0 atom stereocenters. The summed E-state index contributed by atoms with van der Waals surface area (Å²) < 4.78 is 5.24. The lowest BCUT2D eigenvalue weighted by Crippen LogP contribution is -2.31. The lowest BCUT2D eigenvalue weighted by molar-refractivity contribution is 0.273. The normalized spacial score (nSPS) is 16.6. The number of amidine groups is 1. The number of hydrogen-bond donors (Lipinski definition) is 2. The van der Waals surface area contributed by atoms with E-state index in [1.165, 1.54) is 0 Å². The van der Waals surface area contributed by atoms with E-state index in [-0.39, 0.29) is 5.88 Å². The Balaban J connectivity index is 2.44. The number of hydrogen-bond acceptors (Lipinski definition) is 4. The Kier molecular flexibility index (Phi) is 3.61. The number of nitrogens with one attached hydrogen (secondary N) is 1. The van der Waals surface area contributed by atoms with Gasteiger partial charge in [0.15, 0.2) is 5.88 Å². The quantitative estimate of drug-likeness (QED) is 0.699. The lowest BCUT2D eigenvalue weighted by Gasteiger charge is -2.17. The summed E-state index contributed by atoms with van der Waals surface area (Å²) in [5.74, 6) is 0.198. The van der Waals surface area contributed by atoms with Crippen molar-refractivity contribution in [3.63, 3.8) is 0 Å². The number of rotatable bonds is 3. The first-order chi connectivity index (χ1) is 6.27. The van der Waals surface area contributed by atoms with Gasteiger partial charge in [-0.3, -0.25) is 5.32 Å². The van der Waals surface area contributed by atoms with E-state index in [1.807, 2.05) is 13.8 Å². The molecule has 0 saturated carbocycles. The van der Waals surface area contributed by atoms with Crippen molar-refractivity contribution in [2.45, 2.75) is 26.7 Å². The molecule has 1 rings (SSSR count). The molecule has 0 fully saturated rings. The second kappa shape index (κ2) is 4.74. The summed E-state index contributed by atoms with van der Waals surface area (Å²) >= 11 is 0. The predicted molar refractivity (Wildman–Crippen MR) is 51.6 cm³/mol. The zero-order valence-electron chi connectivity index (χ0n) is 8.13. The molecule has 4 nitrogen and oxygen atoms in total. The van der Waals surface area contributed by atoms with Gasteiger partial charge in [0.25, 0.3) is 6.02 Å². The maximum Gasteiger partial charge on any atom is 0.291 e. The van der Waals surface area contributed by atoms with Crippen molar-refractivity contribution in [3.8, 4) is 0 Å². The zero-order valence-corrected chi connectivity index (χ0v) is 8.13. The van der Waals surface area contributed by atoms with Gasteiger partial charge in [0.05, 0.1) is 13.2 Å². The molecule has 0 aliphatic carbocycles. The van der Waals surface area contributed by atoms with Crippen LogP contribution in [0.2, 0.25) is 0 Å². The monoisotopic (exact) mass is 184 g/mol. The van der Waals surface area contributed by atoms with E-state index >= 15 is 0 Å². The molecule has 0 spiro atoms. The highest BCUT2D eigenvalue weighted by Crippen LogP contribution is 2.09. The molecule has 0 aromatic rings. The molecule has 0 radical (unpaired) electrons. The van der Waals surface area contributed by atoms with Crippen molar-refractivity contribution in [1.82, 2.24) is 5.32 Å². The summed E-state index contributed by atoms with van der Waals surface area (Å²) in [4.78, 5) is 4.14. The van der Waals surface area contributed by atoms with Crippen LogP contribution >= 0.6 is 0 Å². The number of nitrogens with zero attached hydrogens (tertiary/aromatic N) is 1. The smallest absolute Gasteiger partial charge is 0.291 e. The average Bonchev–Trinajstić information content (AvgIpc) is 2.15. The summed E-state index contributed by atoms with van der Waals surface area (Å²) in [5.41, 5.74) is 0.920. The second-order valence-electron chi connectivity index (χ2n) is 2.90. The molecule has 0 amide bonds. The van der Waals surface area contributed by atoms with Gasteiger partial charge >= 0.3 is 0 Å². The van der Waals surface area contributed by atoms with Crippen LogP contribution in [-0.2, 0) is 4.74 Å². The van der Waals surface area contributed by atoms with Gasteiger partial charge in [-0.1, -0.05) is 13.8 Å². The molecule has 0 saturated heterocycles. The van der Waals surface area contributed by atoms with Crippen LogP contribution in [0, 0.1) is 0 Å². The fourth-order valence-corrected chi connectivity index (χ4v) is 1.03. The number of ether oxygens (including phenoxy) is 1. The van der Waals surface area contributed by atoms with Gasteiger partial charge < -0.3 is 9.84 Å². The van der Waals surface area contributed by atoms with E-state index in [9.17, 15) is 5.11 Å². The molecule has 2 N–H and O–H groups in total. The molecule has 1 aliphatic heterocycles. The Morgan fingerprint density at radius 3 is 2.85 bits per heavy atom. The van der Waals surface area contributed by atoms with Gasteiger partial charge in [-0.25, -0.2) is 4.99 Å². The van der Waals surface area contributed by atoms with Crippen molar-refractivity contribution in [2.75, 3.05) is 13.2 Å². The van der Waals surface area contributed by atoms with E-state index in [4.69, 9.17) is 4.74 Å². The SMILES string of the molecule is CCCOC1=NCC(CC)=C(O)N1. The number of aliphatic hydroxyl groups is 1. The van der Waals surface area contributed by atoms with Gasteiger partial charge in [-0.2, -0.15) is 0 Å². The molecule has 74 valence electrons. The van der Waals surface area contributed by atoms with E-state index in [0.717, 1.165) is 18.4 Å². The largest absolute Gasteiger partial charge is 0.494 e. The van der Waals surface area contributed by atoms with E-state index in [2.05, 4.69) is 10.3 Å². The Morgan fingerprint density at radius 2 is 2.31 bits per heavy atom. The topological polar surface area (TPSA) is 53.9 Å². The second-order valence-corrected chi connectivity index (χ2v) is 2.90. The summed E-state index contributed by atoms with van der Waals surface area (Å²) in [6.45, 7) is 5.17. The fourth-order valence-electron chi connectivity index (χ4n) is 1.03. The van der Waals surface area contributed by atoms with Crippen LogP contribution in [0.5, 0.6) is 0 Å². The first-order valence-corrected chi connectivity index (χ1v) is 4.63. The average molecular weight is 184 g/mol. The molecule has 4 heteroatoms. The van der Waals surface area contributed by atoms with E-state index < -0.39 is 0 Å². The first-order valence-electron chi connectivity index (χ1n) is 4.63. The minimum absolute atomic E-state index is 0.198. The Morgan fingerprint density at radius 1 is 1.54 bits per heavy atom. The molecule has 0 aromatic heterocycles. The summed E-state index contributed by atoms with van der Waals surface area (Å²) in [5, 5.41) is 12.2. The highest BCUT2D eigenvalue weighted by Gasteiger charge is 2.12. The van der Waals surface area contributed by atoms with Crippen LogP contribution in [-0.4, -0.2) is 24.3 Å². The molecule has 0 unspecified atom stereocenters. The molecule has 0 aromatic carbocycles. The molecule has 1 heterocycles. The Labute approximate surface area is 78.3 Å². The molecule has 13 heavy (non-hydrogen) atoms.